The highest BCUT2D eigenvalue weighted by Gasteiger charge is 2.24. The number of ether oxygens (including phenoxy) is 1. The number of hydrogen-bond donors (Lipinski definition) is 1. The average molecular weight is 299 g/mol. The zero-order chi connectivity index (χ0) is 15.7. The van der Waals surface area contributed by atoms with Gasteiger partial charge >= 0.3 is 6.09 Å². The maximum Gasteiger partial charge on any atom is 0.410 e. The average Bonchev–Trinajstić information content (AvgIpc) is 2.93. The summed E-state index contributed by atoms with van der Waals surface area (Å²) in [4.78, 5) is 21.6. The van der Waals surface area contributed by atoms with Gasteiger partial charge in [-0.05, 0) is 50.5 Å². The second kappa shape index (κ2) is 5.48. The molecule has 0 radical (unpaired) electrons. The summed E-state index contributed by atoms with van der Waals surface area (Å²) in [6, 6.07) is 4.02. The van der Waals surface area contributed by atoms with E-state index in [4.69, 9.17) is 4.74 Å². The molecule has 22 heavy (non-hydrogen) atoms. The molecule has 0 aliphatic carbocycles. The monoisotopic (exact) mass is 299 g/mol. The number of nitrogens with zero attached hydrogens (tertiary/aromatic N) is 2. The fourth-order valence-electron chi connectivity index (χ4n) is 2.55. The van der Waals surface area contributed by atoms with Crippen molar-refractivity contribution in [3.8, 4) is 0 Å². The van der Waals surface area contributed by atoms with E-state index in [2.05, 4.69) is 22.1 Å². The highest BCUT2D eigenvalue weighted by molar-refractivity contribution is 5.81. The molecule has 0 saturated heterocycles. The van der Waals surface area contributed by atoms with Crippen LogP contribution in [0.5, 0.6) is 0 Å². The first-order valence-corrected chi connectivity index (χ1v) is 7.53. The third-order valence-electron chi connectivity index (χ3n) is 3.57. The third kappa shape index (κ3) is 3.13. The first-order chi connectivity index (χ1) is 10.4. The minimum absolute atomic E-state index is 0.257. The van der Waals surface area contributed by atoms with Crippen molar-refractivity contribution in [1.82, 2.24) is 14.9 Å². The van der Waals surface area contributed by atoms with Crippen LogP contribution in [0.15, 0.2) is 30.6 Å². The Bertz CT molecular complexity index is 725. The summed E-state index contributed by atoms with van der Waals surface area (Å²) in [6.45, 7) is 6.90. The van der Waals surface area contributed by atoms with E-state index in [1.807, 2.05) is 39.2 Å². The van der Waals surface area contributed by atoms with E-state index < -0.39 is 5.60 Å². The molecule has 0 aromatic carbocycles. The van der Waals surface area contributed by atoms with Gasteiger partial charge in [0.15, 0.2) is 0 Å². The summed E-state index contributed by atoms with van der Waals surface area (Å²) in [5.74, 6) is 0. The van der Waals surface area contributed by atoms with Gasteiger partial charge in [0.05, 0.1) is 11.0 Å². The Labute approximate surface area is 130 Å². The summed E-state index contributed by atoms with van der Waals surface area (Å²) in [5, 5.41) is 0. The van der Waals surface area contributed by atoms with Crippen molar-refractivity contribution in [1.29, 1.82) is 0 Å². The molecule has 116 valence electrons. The van der Waals surface area contributed by atoms with Crippen molar-refractivity contribution in [3.63, 3.8) is 0 Å². The van der Waals surface area contributed by atoms with Crippen LogP contribution in [0.3, 0.4) is 0 Å². The smallest absolute Gasteiger partial charge is 0.410 e. The largest absolute Gasteiger partial charge is 0.444 e. The minimum Gasteiger partial charge on any atom is -0.444 e. The first kappa shape index (κ1) is 14.6. The molecule has 1 aliphatic rings. The van der Waals surface area contributed by atoms with E-state index in [0.29, 0.717) is 13.1 Å². The lowest BCUT2D eigenvalue weighted by molar-refractivity contribution is 0.0273. The standard InChI is InChI=1S/C17H21N3O2/c1-17(2,3)22-16(21)20-8-4-5-12(11-20)13-9-15-14(19-10-13)6-7-18-15/h5-7,9-10,18H,4,8,11H2,1-3H3. The number of aromatic nitrogens is 2. The second-order valence-electron chi connectivity index (χ2n) is 6.55. The predicted molar refractivity (Wildman–Crippen MR) is 86.5 cm³/mol. The number of H-pyrrole nitrogens is 1. The second-order valence-corrected chi connectivity index (χ2v) is 6.55. The van der Waals surface area contributed by atoms with Crippen LogP contribution in [-0.4, -0.2) is 39.7 Å². The Morgan fingerprint density at radius 1 is 1.41 bits per heavy atom. The molecule has 0 unspecified atom stereocenters. The summed E-state index contributed by atoms with van der Waals surface area (Å²) >= 11 is 0. The molecule has 0 fully saturated rings. The number of fused-ring (bicyclic) bond motifs is 1. The number of hydrogen-bond acceptors (Lipinski definition) is 3. The van der Waals surface area contributed by atoms with Crippen LogP contribution in [0.25, 0.3) is 16.6 Å². The minimum atomic E-state index is -0.469. The molecular formula is C17H21N3O2. The number of nitrogens with one attached hydrogen (secondary N) is 1. The van der Waals surface area contributed by atoms with Crippen molar-refractivity contribution in [2.45, 2.75) is 32.8 Å². The molecular weight excluding hydrogens is 278 g/mol. The number of pyridine rings is 1. The fraction of sp³-hybridized carbons (Fsp3) is 0.412. The molecule has 0 spiro atoms. The molecule has 3 rings (SSSR count). The Balaban J connectivity index is 1.77. The number of rotatable bonds is 1. The van der Waals surface area contributed by atoms with Crippen molar-refractivity contribution < 1.29 is 9.53 Å². The van der Waals surface area contributed by atoms with Crippen LogP contribution < -0.4 is 0 Å². The highest BCUT2D eigenvalue weighted by atomic mass is 16.6. The van der Waals surface area contributed by atoms with Gasteiger partial charge in [0.2, 0.25) is 0 Å². The van der Waals surface area contributed by atoms with E-state index in [1.54, 1.807) is 4.90 Å². The Morgan fingerprint density at radius 3 is 3.00 bits per heavy atom. The molecule has 0 bridgehead atoms. The molecule has 2 aromatic heterocycles. The van der Waals surface area contributed by atoms with Crippen LogP contribution in [0.4, 0.5) is 4.79 Å². The molecule has 5 nitrogen and oxygen atoms in total. The summed E-state index contributed by atoms with van der Waals surface area (Å²) in [7, 11) is 0. The molecule has 3 heterocycles. The Morgan fingerprint density at radius 2 is 2.23 bits per heavy atom. The van der Waals surface area contributed by atoms with E-state index in [9.17, 15) is 4.79 Å². The van der Waals surface area contributed by atoms with Crippen LogP contribution in [0.1, 0.15) is 32.8 Å². The zero-order valence-corrected chi connectivity index (χ0v) is 13.2. The predicted octanol–water partition coefficient (Wildman–Crippen LogP) is 3.59. The molecule has 1 amide bonds. The summed E-state index contributed by atoms with van der Waals surface area (Å²) in [6.07, 6.45) is 6.49. The maximum absolute atomic E-state index is 12.2. The van der Waals surface area contributed by atoms with Gasteiger partial charge in [-0.1, -0.05) is 6.08 Å². The van der Waals surface area contributed by atoms with Crippen molar-refractivity contribution in [2.24, 2.45) is 0 Å². The number of amides is 1. The summed E-state index contributed by atoms with van der Waals surface area (Å²) in [5.41, 5.74) is 3.64. The molecule has 1 aliphatic heterocycles. The van der Waals surface area contributed by atoms with Gasteiger partial charge in [-0.25, -0.2) is 4.79 Å². The number of aromatic amines is 1. The zero-order valence-electron chi connectivity index (χ0n) is 13.2. The lowest BCUT2D eigenvalue weighted by Gasteiger charge is -2.30. The van der Waals surface area contributed by atoms with Gasteiger partial charge in [-0.2, -0.15) is 0 Å². The molecule has 0 atom stereocenters. The maximum atomic E-state index is 12.2. The van der Waals surface area contributed by atoms with Gasteiger partial charge < -0.3 is 14.6 Å². The highest BCUT2D eigenvalue weighted by Crippen LogP contribution is 2.24. The van der Waals surface area contributed by atoms with E-state index in [0.717, 1.165) is 28.6 Å². The van der Waals surface area contributed by atoms with Gasteiger partial charge in [-0.15, -0.1) is 0 Å². The van der Waals surface area contributed by atoms with Crippen LogP contribution in [0, 0.1) is 0 Å². The Hall–Kier alpha value is -2.30. The molecule has 5 heteroatoms. The van der Waals surface area contributed by atoms with Crippen molar-refractivity contribution in [2.75, 3.05) is 13.1 Å². The van der Waals surface area contributed by atoms with Crippen LogP contribution >= 0.6 is 0 Å². The normalized spacial score (nSPS) is 15.8. The number of carbonyl (C=O) groups excluding carboxylic acids is 1. The Kier molecular flexibility index (Phi) is 3.64. The number of carbonyl (C=O) groups is 1. The van der Waals surface area contributed by atoms with E-state index >= 15 is 0 Å². The lowest BCUT2D eigenvalue weighted by Crippen LogP contribution is -2.39. The van der Waals surface area contributed by atoms with Gasteiger partial charge in [0.25, 0.3) is 0 Å². The van der Waals surface area contributed by atoms with Crippen molar-refractivity contribution >= 4 is 22.7 Å². The van der Waals surface area contributed by atoms with Crippen molar-refractivity contribution in [3.05, 3.63) is 36.2 Å². The van der Waals surface area contributed by atoms with Gasteiger partial charge in [-0.3, -0.25) is 4.98 Å². The van der Waals surface area contributed by atoms with E-state index in [1.165, 1.54) is 0 Å². The SMILES string of the molecule is CC(C)(C)OC(=O)N1CCC=C(c2cnc3cc[nH]c3c2)C1. The lowest BCUT2D eigenvalue weighted by atomic mass is 10.0. The van der Waals surface area contributed by atoms with Gasteiger partial charge in [0.1, 0.15) is 5.60 Å². The van der Waals surface area contributed by atoms with Crippen LogP contribution in [-0.2, 0) is 4.74 Å². The summed E-state index contributed by atoms with van der Waals surface area (Å²) < 4.78 is 5.46. The fourth-order valence-corrected chi connectivity index (χ4v) is 2.55. The third-order valence-corrected chi connectivity index (χ3v) is 3.57. The molecule has 2 aromatic rings. The van der Waals surface area contributed by atoms with E-state index in [-0.39, 0.29) is 6.09 Å². The molecule has 1 N–H and O–H groups in total. The quantitative estimate of drug-likeness (QED) is 0.875. The van der Waals surface area contributed by atoms with Gasteiger partial charge in [0, 0.05) is 25.5 Å². The first-order valence-electron chi connectivity index (χ1n) is 7.53. The van der Waals surface area contributed by atoms with Crippen LogP contribution in [0.2, 0.25) is 0 Å². The topological polar surface area (TPSA) is 58.2 Å². The molecule has 0 saturated carbocycles.